The highest BCUT2D eigenvalue weighted by atomic mass is 14.5. The maximum Gasteiger partial charge on any atom is -0.0111 e. The van der Waals surface area contributed by atoms with Gasteiger partial charge in [-0.2, -0.15) is 0 Å². The summed E-state index contributed by atoms with van der Waals surface area (Å²) in [6.07, 6.45) is 19.9. The molecule has 2 saturated carbocycles. The van der Waals surface area contributed by atoms with Crippen LogP contribution in [0.1, 0.15) is 44.9 Å². The third-order valence-electron chi connectivity index (χ3n) is 4.77. The lowest BCUT2D eigenvalue weighted by Gasteiger charge is -2.45. The summed E-state index contributed by atoms with van der Waals surface area (Å²) in [5.74, 6) is 1.77. The average molecular weight is 188 g/mol. The van der Waals surface area contributed by atoms with Gasteiger partial charge in [-0.1, -0.05) is 43.6 Å². The van der Waals surface area contributed by atoms with Gasteiger partial charge < -0.3 is 0 Å². The molecule has 1 spiro atoms. The number of rotatable bonds is 0. The molecule has 2 fully saturated rings. The highest BCUT2D eigenvalue weighted by molar-refractivity contribution is 5.19. The quantitative estimate of drug-likeness (QED) is 0.537. The lowest BCUT2D eigenvalue weighted by Crippen LogP contribution is -2.36. The Hall–Kier alpha value is -0.520. The van der Waals surface area contributed by atoms with E-state index < -0.39 is 0 Å². The fourth-order valence-corrected chi connectivity index (χ4v) is 4.11. The van der Waals surface area contributed by atoms with Gasteiger partial charge >= 0.3 is 0 Å². The second-order valence-electron chi connectivity index (χ2n) is 5.42. The van der Waals surface area contributed by atoms with Gasteiger partial charge in [-0.15, -0.1) is 0 Å². The van der Waals surface area contributed by atoms with Crippen molar-refractivity contribution in [3.05, 3.63) is 24.3 Å². The van der Waals surface area contributed by atoms with E-state index in [4.69, 9.17) is 0 Å². The second kappa shape index (κ2) is 3.25. The molecule has 76 valence electrons. The predicted molar refractivity (Wildman–Crippen MR) is 60.0 cm³/mol. The number of allylic oxidation sites excluding steroid dienone is 4. The zero-order valence-corrected chi connectivity index (χ0v) is 8.91. The molecule has 3 rings (SSSR count). The van der Waals surface area contributed by atoms with Crippen molar-refractivity contribution in [2.75, 3.05) is 0 Å². The van der Waals surface area contributed by atoms with Crippen LogP contribution in [0, 0.1) is 17.3 Å². The van der Waals surface area contributed by atoms with Crippen LogP contribution in [-0.4, -0.2) is 0 Å². The summed E-state index contributed by atoms with van der Waals surface area (Å²) in [7, 11) is 0. The lowest BCUT2D eigenvalue weighted by molar-refractivity contribution is 0.101. The first-order valence-electron chi connectivity index (χ1n) is 6.26. The van der Waals surface area contributed by atoms with Crippen LogP contribution in [0.4, 0.5) is 0 Å². The zero-order valence-electron chi connectivity index (χ0n) is 8.91. The Bertz CT molecular complexity index is 266. The average Bonchev–Trinajstić information content (AvgIpc) is 2.68. The van der Waals surface area contributed by atoms with Gasteiger partial charge in [0.15, 0.2) is 0 Å². The first-order valence-corrected chi connectivity index (χ1v) is 6.26. The molecule has 3 aliphatic carbocycles. The summed E-state index contributed by atoms with van der Waals surface area (Å²) in [4.78, 5) is 0. The molecule has 0 aromatic carbocycles. The fourth-order valence-electron chi connectivity index (χ4n) is 4.11. The summed E-state index contributed by atoms with van der Waals surface area (Å²) in [5, 5.41) is 0. The van der Waals surface area contributed by atoms with Gasteiger partial charge in [-0.05, 0) is 42.9 Å². The summed E-state index contributed by atoms with van der Waals surface area (Å²) in [5.41, 5.74) is 0.726. The topological polar surface area (TPSA) is 0 Å². The van der Waals surface area contributed by atoms with E-state index in [-0.39, 0.29) is 0 Å². The van der Waals surface area contributed by atoms with Crippen molar-refractivity contribution in [3.8, 4) is 0 Å². The van der Waals surface area contributed by atoms with E-state index in [2.05, 4.69) is 24.3 Å². The van der Waals surface area contributed by atoms with Gasteiger partial charge in [0.25, 0.3) is 0 Å². The van der Waals surface area contributed by atoms with Crippen LogP contribution < -0.4 is 0 Å². The second-order valence-corrected chi connectivity index (χ2v) is 5.42. The molecule has 0 nitrogen and oxygen atoms in total. The van der Waals surface area contributed by atoms with Crippen molar-refractivity contribution < 1.29 is 0 Å². The molecular formula is C14H20. The summed E-state index contributed by atoms with van der Waals surface area (Å²) >= 11 is 0. The molecule has 0 radical (unpaired) electrons. The minimum absolute atomic E-state index is 0.726. The van der Waals surface area contributed by atoms with Crippen molar-refractivity contribution in [1.82, 2.24) is 0 Å². The van der Waals surface area contributed by atoms with Crippen LogP contribution in [-0.2, 0) is 0 Å². The Morgan fingerprint density at radius 2 is 1.57 bits per heavy atom. The lowest BCUT2D eigenvalue weighted by atomic mass is 9.60. The first-order chi connectivity index (χ1) is 6.91. The molecule has 0 aliphatic heterocycles. The highest BCUT2D eigenvalue weighted by Gasteiger charge is 2.45. The van der Waals surface area contributed by atoms with E-state index in [1.807, 2.05) is 0 Å². The van der Waals surface area contributed by atoms with Crippen LogP contribution in [0.15, 0.2) is 24.3 Å². The largest absolute Gasteiger partial charge is 0.0808 e. The molecular weight excluding hydrogens is 168 g/mol. The van der Waals surface area contributed by atoms with Crippen LogP contribution in [0.2, 0.25) is 0 Å². The Morgan fingerprint density at radius 3 is 2.43 bits per heavy atom. The SMILES string of the molecule is C1=CC2CCCC3(CCCC3)C2C=C1. The molecule has 2 atom stereocenters. The van der Waals surface area contributed by atoms with Crippen LogP contribution >= 0.6 is 0 Å². The Kier molecular flexibility index (Phi) is 2.04. The van der Waals surface area contributed by atoms with Gasteiger partial charge in [0.1, 0.15) is 0 Å². The molecule has 0 saturated heterocycles. The highest BCUT2D eigenvalue weighted by Crippen LogP contribution is 2.55. The van der Waals surface area contributed by atoms with Gasteiger partial charge in [0.05, 0.1) is 0 Å². The minimum atomic E-state index is 0.726. The monoisotopic (exact) mass is 188 g/mol. The van der Waals surface area contributed by atoms with E-state index in [1.165, 1.54) is 44.9 Å². The van der Waals surface area contributed by atoms with Crippen molar-refractivity contribution in [2.45, 2.75) is 44.9 Å². The van der Waals surface area contributed by atoms with Crippen LogP contribution in [0.25, 0.3) is 0 Å². The molecule has 0 heterocycles. The third kappa shape index (κ3) is 1.20. The summed E-state index contributed by atoms with van der Waals surface area (Å²) < 4.78 is 0. The molecule has 14 heavy (non-hydrogen) atoms. The fraction of sp³-hybridized carbons (Fsp3) is 0.714. The Morgan fingerprint density at radius 1 is 0.857 bits per heavy atom. The molecule has 0 heteroatoms. The molecule has 0 amide bonds. The van der Waals surface area contributed by atoms with Crippen molar-refractivity contribution in [3.63, 3.8) is 0 Å². The molecule has 0 aromatic rings. The molecule has 2 unspecified atom stereocenters. The standard InChI is InChI=1S/C14H20/c1-2-8-13-12(6-1)7-5-11-14(13)9-3-4-10-14/h1-2,6,8,12-13H,3-5,7,9-11H2. The number of fused-ring (bicyclic) bond motifs is 2. The Labute approximate surface area is 87.1 Å². The minimum Gasteiger partial charge on any atom is -0.0808 e. The van der Waals surface area contributed by atoms with Gasteiger partial charge in [0.2, 0.25) is 0 Å². The smallest absolute Gasteiger partial charge is 0.0111 e. The summed E-state index contributed by atoms with van der Waals surface area (Å²) in [6, 6.07) is 0. The zero-order chi connectivity index (χ0) is 9.43. The van der Waals surface area contributed by atoms with E-state index in [1.54, 1.807) is 0 Å². The summed E-state index contributed by atoms with van der Waals surface area (Å²) in [6.45, 7) is 0. The predicted octanol–water partition coefficient (Wildman–Crippen LogP) is 4.09. The van der Waals surface area contributed by atoms with Crippen molar-refractivity contribution in [1.29, 1.82) is 0 Å². The number of hydrogen-bond acceptors (Lipinski definition) is 0. The molecule has 0 N–H and O–H groups in total. The maximum absolute atomic E-state index is 2.51. The van der Waals surface area contributed by atoms with Crippen LogP contribution in [0.3, 0.4) is 0 Å². The van der Waals surface area contributed by atoms with Gasteiger partial charge in [-0.3, -0.25) is 0 Å². The van der Waals surface area contributed by atoms with Crippen molar-refractivity contribution >= 4 is 0 Å². The van der Waals surface area contributed by atoms with Gasteiger partial charge in [-0.25, -0.2) is 0 Å². The third-order valence-corrected chi connectivity index (χ3v) is 4.77. The molecule has 0 aromatic heterocycles. The normalized spacial score (nSPS) is 38.9. The van der Waals surface area contributed by atoms with Crippen LogP contribution in [0.5, 0.6) is 0 Å². The number of hydrogen-bond donors (Lipinski definition) is 0. The Balaban J connectivity index is 1.90. The maximum atomic E-state index is 2.51. The van der Waals surface area contributed by atoms with Crippen molar-refractivity contribution in [2.24, 2.45) is 17.3 Å². The first kappa shape index (κ1) is 8.76. The van der Waals surface area contributed by atoms with E-state index in [0.717, 1.165) is 17.3 Å². The molecule has 3 aliphatic rings. The van der Waals surface area contributed by atoms with E-state index in [9.17, 15) is 0 Å². The van der Waals surface area contributed by atoms with Gasteiger partial charge in [0, 0.05) is 0 Å². The van der Waals surface area contributed by atoms with E-state index in [0.29, 0.717) is 0 Å². The molecule has 0 bridgehead atoms. The van der Waals surface area contributed by atoms with E-state index >= 15 is 0 Å².